The molecule has 0 spiro atoms. The molecule has 23 heavy (non-hydrogen) atoms. The van der Waals surface area contributed by atoms with E-state index in [-0.39, 0.29) is 11.9 Å². The maximum atomic E-state index is 11.9. The molecule has 1 fully saturated rings. The Labute approximate surface area is 137 Å². The molecule has 2 N–H and O–H groups in total. The van der Waals surface area contributed by atoms with Crippen LogP contribution < -0.4 is 15.4 Å². The molecule has 0 saturated carbocycles. The maximum Gasteiger partial charge on any atom is 0.220 e. The fraction of sp³-hybridized carbons (Fsp3) is 0.421. The summed E-state index contributed by atoms with van der Waals surface area (Å²) in [5.74, 6) is 1.01. The van der Waals surface area contributed by atoms with Crippen molar-refractivity contribution in [1.82, 2.24) is 10.6 Å². The van der Waals surface area contributed by atoms with Gasteiger partial charge in [0.25, 0.3) is 0 Å². The predicted octanol–water partition coefficient (Wildman–Crippen LogP) is 2.87. The highest BCUT2D eigenvalue weighted by Gasteiger charge is 2.14. The van der Waals surface area contributed by atoms with Crippen LogP contribution in [0.1, 0.15) is 25.7 Å². The summed E-state index contributed by atoms with van der Waals surface area (Å²) < 4.78 is 5.87. The first-order valence-corrected chi connectivity index (χ1v) is 8.43. The summed E-state index contributed by atoms with van der Waals surface area (Å²) in [5.41, 5.74) is 0. The molecule has 0 radical (unpaired) electrons. The van der Waals surface area contributed by atoms with Crippen LogP contribution in [0.3, 0.4) is 0 Å². The van der Waals surface area contributed by atoms with Gasteiger partial charge in [-0.3, -0.25) is 4.79 Å². The second-order valence-electron chi connectivity index (χ2n) is 6.04. The van der Waals surface area contributed by atoms with Crippen LogP contribution in [0.2, 0.25) is 0 Å². The summed E-state index contributed by atoms with van der Waals surface area (Å²) in [6.07, 6.45) is 3.46. The summed E-state index contributed by atoms with van der Waals surface area (Å²) in [4.78, 5) is 11.9. The highest BCUT2D eigenvalue weighted by molar-refractivity contribution is 5.88. The van der Waals surface area contributed by atoms with Gasteiger partial charge in [-0.15, -0.1) is 0 Å². The molecule has 1 aliphatic heterocycles. The molecule has 1 saturated heterocycles. The van der Waals surface area contributed by atoms with Gasteiger partial charge in [-0.1, -0.05) is 36.4 Å². The summed E-state index contributed by atoms with van der Waals surface area (Å²) >= 11 is 0. The Balaban J connectivity index is 1.43. The lowest BCUT2D eigenvalue weighted by molar-refractivity contribution is -0.122. The van der Waals surface area contributed by atoms with Gasteiger partial charge in [0.15, 0.2) is 0 Å². The van der Waals surface area contributed by atoms with Gasteiger partial charge in [-0.05, 0) is 37.3 Å². The number of carbonyl (C=O) groups excluding carboxylic acids is 1. The molecule has 122 valence electrons. The van der Waals surface area contributed by atoms with Gasteiger partial charge in [0.2, 0.25) is 5.91 Å². The van der Waals surface area contributed by atoms with Crippen molar-refractivity contribution in [3.63, 3.8) is 0 Å². The molecule has 1 amide bonds. The fourth-order valence-electron chi connectivity index (χ4n) is 3.01. The van der Waals surface area contributed by atoms with Crippen molar-refractivity contribution in [3.8, 4) is 5.75 Å². The van der Waals surface area contributed by atoms with Crippen LogP contribution in [0.5, 0.6) is 5.75 Å². The molecule has 1 heterocycles. The maximum absolute atomic E-state index is 11.9. The number of carbonyl (C=O) groups is 1. The Bertz CT molecular complexity index is 645. The predicted molar refractivity (Wildman–Crippen MR) is 92.7 cm³/mol. The number of fused-ring (bicyclic) bond motifs is 1. The molecule has 3 rings (SSSR count). The lowest BCUT2D eigenvalue weighted by atomic mass is 10.1. The first-order valence-electron chi connectivity index (χ1n) is 8.43. The van der Waals surface area contributed by atoms with E-state index in [9.17, 15) is 4.79 Å². The van der Waals surface area contributed by atoms with Crippen molar-refractivity contribution in [2.75, 3.05) is 19.7 Å². The molecular formula is C19H24N2O2. The van der Waals surface area contributed by atoms with Crippen molar-refractivity contribution >= 4 is 16.7 Å². The minimum atomic E-state index is 0.125. The van der Waals surface area contributed by atoms with Crippen molar-refractivity contribution in [3.05, 3.63) is 42.5 Å². The van der Waals surface area contributed by atoms with Crippen LogP contribution in [0.4, 0.5) is 0 Å². The SMILES string of the molecule is O=C(CCCOc1cccc2ccccc12)NC1CCCNC1. The number of benzene rings is 2. The molecule has 1 aliphatic rings. The topological polar surface area (TPSA) is 50.4 Å². The third-order valence-corrected chi connectivity index (χ3v) is 4.22. The molecule has 0 aliphatic carbocycles. The van der Waals surface area contributed by atoms with E-state index in [0.29, 0.717) is 13.0 Å². The molecule has 0 aromatic heterocycles. The van der Waals surface area contributed by atoms with Crippen LogP contribution in [-0.4, -0.2) is 31.6 Å². The number of piperidine rings is 1. The van der Waals surface area contributed by atoms with Crippen molar-refractivity contribution in [2.24, 2.45) is 0 Å². The van der Waals surface area contributed by atoms with E-state index >= 15 is 0 Å². The van der Waals surface area contributed by atoms with Crippen LogP contribution in [0.15, 0.2) is 42.5 Å². The van der Waals surface area contributed by atoms with Crippen LogP contribution in [0.25, 0.3) is 10.8 Å². The van der Waals surface area contributed by atoms with Crippen molar-refractivity contribution in [1.29, 1.82) is 0 Å². The average molecular weight is 312 g/mol. The Kier molecular flexibility index (Phi) is 5.48. The second kappa shape index (κ2) is 7.97. The Morgan fingerprint density at radius 2 is 2.09 bits per heavy atom. The standard InChI is InChI=1S/C19H24N2O2/c22-19(21-16-8-4-12-20-14-16)11-5-13-23-18-10-3-7-15-6-1-2-9-17(15)18/h1-3,6-7,9-10,16,20H,4-5,8,11-14H2,(H,21,22). The third kappa shape index (κ3) is 4.45. The summed E-state index contributed by atoms with van der Waals surface area (Å²) in [6.45, 7) is 2.51. The van der Waals surface area contributed by atoms with Crippen molar-refractivity contribution < 1.29 is 9.53 Å². The van der Waals surface area contributed by atoms with Gasteiger partial charge in [-0.2, -0.15) is 0 Å². The van der Waals surface area contributed by atoms with Gasteiger partial charge < -0.3 is 15.4 Å². The zero-order chi connectivity index (χ0) is 15.9. The van der Waals surface area contributed by atoms with E-state index < -0.39 is 0 Å². The number of ether oxygens (including phenoxy) is 1. The zero-order valence-corrected chi connectivity index (χ0v) is 13.4. The van der Waals surface area contributed by atoms with E-state index in [1.54, 1.807) is 0 Å². The summed E-state index contributed by atoms with van der Waals surface area (Å²) in [5, 5.41) is 8.69. The van der Waals surface area contributed by atoms with E-state index in [1.165, 1.54) is 5.39 Å². The highest BCUT2D eigenvalue weighted by Crippen LogP contribution is 2.25. The number of hydrogen-bond donors (Lipinski definition) is 2. The molecule has 4 heteroatoms. The van der Waals surface area contributed by atoms with Crippen LogP contribution in [-0.2, 0) is 4.79 Å². The molecule has 1 unspecified atom stereocenters. The van der Waals surface area contributed by atoms with Gasteiger partial charge in [0.1, 0.15) is 5.75 Å². The van der Waals surface area contributed by atoms with E-state index in [2.05, 4.69) is 28.8 Å². The zero-order valence-electron chi connectivity index (χ0n) is 13.4. The molecule has 2 aromatic rings. The van der Waals surface area contributed by atoms with E-state index in [4.69, 9.17) is 4.74 Å². The largest absolute Gasteiger partial charge is 0.493 e. The lowest BCUT2D eigenvalue weighted by Crippen LogP contribution is -2.45. The Hall–Kier alpha value is -2.07. The van der Waals surface area contributed by atoms with Gasteiger partial charge in [-0.25, -0.2) is 0 Å². The lowest BCUT2D eigenvalue weighted by Gasteiger charge is -2.23. The first kappa shape index (κ1) is 15.8. The summed E-state index contributed by atoms with van der Waals surface area (Å²) in [6, 6.07) is 14.5. The van der Waals surface area contributed by atoms with Crippen molar-refractivity contribution in [2.45, 2.75) is 31.7 Å². The van der Waals surface area contributed by atoms with Gasteiger partial charge >= 0.3 is 0 Å². The number of amides is 1. The second-order valence-corrected chi connectivity index (χ2v) is 6.04. The monoisotopic (exact) mass is 312 g/mol. The smallest absolute Gasteiger partial charge is 0.220 e. The number of hydrogen-bond acceptors (Lipinski definition) is 3. The fourth-order valence-corrected chi connectivity index (χ4v) is 3.01. The third-order valence-electron chi connectivity index (χ3n) is 4.22. The average Bonchev–Trinajstić information content (AvgIpc) is 2.60. The van der Waals surface area contributed by atoms with E-state index in [1.807, 2.05) is 24.3 Å². The number of rotatable bonds is 6. The molecule has 1 atom stereocenters. The minimum absolute atomic E-state index is 0.125. The van der Waals surface area contributed by atoms with Crippen LogP contribution >= 0.6 is 0 Å². The highest BCUT2D eigenvalue weighted by atomic mass is 16.5. The Morgan fingerprint density at radius 3 is 2.96 bits per heavy atom. The van der Waals surface area contributed by atoms with Gasteiger partial charge in [0, 0.05) is 24.4 Å². The van der Waals surface area contributed by atoms with Gasteiger partial charge in [0.05, 0.1) is 6.61 Å². The number of nitrogens with one attached hydrogen (secondary N) is 2. The molecular weight excluding hydrogens is 288 g/mol. The Morgan fingerprint density at radius 1 is 1.22 bits per heavy atom. The normalized spacial score (nSPS) is 17.8. The molecule has 2 aromatic carbocycles. The van der Waals surface area contributed by atoms with E-state index in [0.717, 1.165) is 43.5 Å². The molecule has 4 nitrogen and oxygen atoms in total. The van der Waals surface area contributed by atoms with Crippen LogP contribution in [0, 0.1) is 0 Å². The first-order chi connectivity index (χ1) is 11.3. The summed E-state index contributed by atoms with van der Waals surface area (Å²) in [7, 11) is 0. The molecule has 0 bridgehead atoms. The minimum Gasteiger partial charge on any atom is -0.493 e. The quantitative estimate of drug-likeness (QED) is 0.807.